The first kappa shape index (κ1) is 32.0. The van der Waals surface area contributed by atoms with E-state index >= 15 is 14.4 Å². The summed E-state index contributed by atoms with van der Waals surface area (Å²) in [6.45, 7) is 1.28. The summed E-state index contributed by atoms with van der Waals surface area (Å²) in [6.07, 6.45) is 0. The Morgan fingerprint density at radius 1 is 0.569 bits per heavy atom. The predicted molar refractivity (Wildman–Crippen MR) is 191 cm³/mol. The van der Waals surface area contributed by atoms with Gasteiger partial charge in [-0.1, -0.05) is 91.0 Å². The van der Waals surface area contributed by atoms with Gasteiger partial charge in [0.25, 0.3) is 0 Å². The molecular weight excluding hydrogens is 642 g/mol. The number of ether oxygens (including phenoxy) is 3. The summed E-state index contributed by atoms with van der Waals surface area (Å²) < 4.78 is 16.4. The van der Waals surface area contributed by atoms with Crippen LogP contribution in [0.2, 0.25) is 0 Å². The zero-order valence-corrected chi connectivity index (χ0v) is 28.2. The molecule has 8 rings (SSSR count). The Labute approximate surface area is 294 Å². The minimum absolute atomic E-state index is 0.197. The Kier molecular flexibility index (Phi) is 7.49. The van der Waals surface area contributed by atoms with E-state index < -0.39 is 40.4 Å². The van der Waals surface area contributed by atoms with Gasteiger partial charge < -0.3 is 14.2 Å². The number of imide groups is 1. The lowest BCUT2D eigenvalue weighted by atomic mass is 9.59. The van der Waals surface area contributed by atoms with Crippen LogP contribution in [0.1, 0.15) is 29.2 Å². The number of allylic oxidation sites excluding steroid dienone is 2. The van der Waals surface area contributed by atoms with E-state index in [1.54, 1.807) is 32.4 Å². The van der Waals surface area contributed by atoms with Gasteiger partial charge in [0.15, 0.2) is 5.78 Å². The summed E-state index contributed by atoms with van der Waals surface area (Å²) in [6, 6.07) is 40.0. The zero-order chi connectivity index (χ0) is 35.5. The molecule has 1 aliphatic heterocycles. The van der Waals surface area contributed by atoms with Crippen molar-refractivity contribution in [2.75, 3.05) is 19.1 Å². The van der Waals surface area contributed by atoms with Gasteiger partial charge in [-0.25, -0.2) is 4.90 Å². The molecular formula is C43H33NO7. The number of esters is 1. The lowest BCUT2D eigenvalue weighted by Gasteiger charge is -2.39. The Morgan fingerprint density at radius 2 is 1.02 bits per heavy atom. The second-order valence-electron chi connectivity index (χ2n) is 12.9. The van der Waals surface area contributed by atoms with Crippen molar-refractivity contribution in [2.45, 2.75) is 17.8 Å². The molecule has 2 aliphatic carbocycles. The summed E-state index contributed by atoms with van der Waals surface area (Å²) in [7, 11) is 3.18. The quantitative estimate of drug-likeness (QED) is 0.101. The van der Waals surface area contributed by atoms with Crippen molar-refractivity contribution in [1.29, 1.82) is 0 Å². The van der Waals surface area contributed by atoms with Gasteiger partial charge in [0.05, 0.1) is 42.6 Å². The van der Waals surface area contributed by atoms with Crippen LogP contribution in [0.25, 0.3) is 11.1 Å². The molecule has 252 valence electrons. The first-order valence-corrected chi connectivity index (χ1v) is 16.6. The molecule has 0 unspecified atom stereocenters. The highest BCUT2D eigenvalue weighted by Gasteiger charge is 2.82. The van der Waals surface area contributed by atoms with Crippen LogP contribution in [0.3, 0.4) is 0 Å². The molecule has 51 heavy (non-hydrogen) atoms. The number of benzene rings is 5. The summed E-state index contributed by atoms with van der Waals surface area (Å²) >= 11 is 0. The van der Waals surface area contributed by atoms with Crippen molar-refractivity contribution in [1.82, 2.24) is 0 Å². The van der Waals surface area contributed by atoms with E-state index in [1.165, 1.54) is 17.9 Å². The fourth-order valence-electron chi connectivity index (χ4n) is 8.75. The van der Waals surface area contributed by atoms with Gasteiger partial charge in [-0.2, -0.15) is 0 Å². The van der Waals surface area contributed by atoms with Crippen LogP contribution >= 0.6 is 0 Å². The number of Topliss-reactive ketones (excluding diaryl/α,β-unsaturated/α-hetero) is 1. The van der Waals surface area contributed by atoms with Crippen LogP contribution in [0, 0.1) is 11.8 Å². The number of rotatable bonds is 8. The van der Waals surface area contributed by atoms with Gasteiger partial charge in [0.1, 0.15) is 17.2 Å². The molecule has 0 N–H and O–H groups in total. The number of fused-ring (bicyclic) bond motifs is 5. The number of carbonyl (C=O) groups is 4. The van der Waals surface area contributed by atoms with Crippen LogP contribution in [0.4, 0.5) is 5.69 Å². The minimum atomic E-state index is -1.57. The topological polar surface area (TPSA) is 99.2 Å². The van der Waals surface area contributed by atoms with Gasteiger partial charge in [-0.05, 0) is 69.8 Å². The average molecular weight is 676 g/mol. The summed E-state index contributed by atoms with van der Waals surface area (Å²) in [5.41, 5.74) is 1.13. The molecule has 2 amide bonds. The van der Waals surface area contributed by atoms with Crippen molar-refractivity contribution < 1.29 is 33.4 Å². The molecule has 1 heterocycles. The van der Waals surface area contributed by atoms with E-state index in [9.17, 15) is 4.79 Å². The first-order valence-electron chi connectivity index (χ1n) is 16.6. The summed E-state index contributed by atoms with van der Waals surface area (Å²) in [5, 5.41) is 0. The lowest BCUT2D eigenvalue weighted by Crippen LogP contribution is -2.45. The second-order valence-corrected chi connectivity index (χ2v) is 12.9. The largest absolute Gasteiger partial charge is 0.497 e. The van der Waals surface area contributed by atoms with Crippen molar-refractivity contribution in [3.63, 3.8) is 0 Å². The molecule has 4 atom stereocenters. The lowest BCUT2D eigenvalue weighted by molar-refractivity contribution is -0.132. The third-order valence-corrected chi connectivity index (χ3v) is 10.5. The standard InChI is InChI=1S/C43H33NO7/c1-26(45)51-34-16-10-15-31(25-34)44-39(46)37-38(40(44)47)43(30-13-8-5-9-14-30)36(28-19-23-33(50-3)24-20-28)35(27-17-21-32(49-2)22-18-27)42(37,41(43)48)29-11-6-4-7-12-29/h4-25,37-38H,1-3H3/t37-,38+,42-,43-/m1/s1. The average Bonchev–Trinajstić information content (AvgIpc) is 3.67. The highest BCUT2D eigenvalue weighted by molar-refractivity contribution is 6.39. The van der Waals surface area contributed by atoms with E-state index in [0.717, 1.165) is 11.1 Å². The Balaban J connectivity index is 1.50. The summed E-state index contributed by atoms with van der Waals surface area (Å²) in [4.78, 5) is 59.5. The molecule has 8 heteroatoms. The van der Waals surface area contributed by atoms with E-state index in [0.29, 0.717) is 33.8 Å². The maximum Gasteiger partial charge on any atom is 0.308 e. The number of hydrogen-bond acceptors (Lipinski definition) is 7. The Bertz CT molecular complexity index is 2120. The van der Waals surface area contributed by atoms with Gasteiger partial charge in [-0.3, -0.25) is 19.2 Å². The maximum absolute atomic E-state index is 16.1. The number of ketones is 1. The number of anilines is 1. The Hall–Kier alpha value is -6.28. The van der Waals surface area contributed by atoms with Crippen LogP contribution in [0.5, 0.6) is 17.2 Å². The highest BCUT2D eigenvalue weighted by atomic mass is 16.5. The number of carbonyl (C=O) groups excluding carboxylic acids is 4. The first-order chi connectivity index (χ1) is 24.8. The van der Waals surface area contributed by atoms with Crippen LogP contribution in [-0.2, 0) is 30.0 Å². The van der Waals surface area contributed by atoms with Crippen LogP contribution < -0.4 is 19.1 Å². The third-order valence-electron chi connectivity index (χ3n) is 10.5. The maximum atomic E-state index is 16.1. The highest BCUT2D eigenvalue weighted by Crippen LogP contribution is 2.74. The summed E-state index contributed by atoms with van der Waals surface area (Å²) in [5.74, 6) is -2.49. The zero-order valence-electron chi connectivity index (χ0n) is 28.2. The molecule has 8 nitrogen and oxygen atoms in total. The smallest absolute Gasteiger partial charge is 0.308 e. The normalized spacial score (nSPS) is 23.4. The van der Waals surface area contributed by atoms with Gasteiger partial charge in [0.2, 0.25) is 11.8 Å². The molecule has 0 aromatic heterocycles. The third kappa shape index (κ3) is 4.39. The molecule has 0 spiro atoms. The van der Waals surface area contributed by atoms with Gasteiger partial charge >= 0.3 is 5.97 Å². The number of nitrogens with zero attached hydrogens (tertiary/aromatic N) is 1. The predicted octanol–water partition coefficient (Wildman–Crippen LogP) is 6.82. The van der Waals surface area contributed by atoms with E-state index in [-0.39, 0.29) is 17.2 Å². The SMILES string of the molecule is COc1ccc(C2=C(c3ccc(OC)cc3)[C@@]3(c4ccccc4)C(=O)[C@@]2(c2ccccc2)[C@@H]2C(=O)N(c4cccc(OC(C)=O)c4)C(=O)[C@@H]23)cc1. The number of amides is 2. The van der Waals surface area contributed by atoms with Crippen molar-refractivity contribution in [3.8, 4) is 17.2 Å². The molecule has 2 bridgehead atoms. The van der Waals surface area contributed by atoms with Crippen LogP contribution in [0.15, 0.2) is 133 Å². The molecule has 5 aromatic carbocycles. The van der Waals surface area contributed by atoms with E-state index in [2.05, 4.69) is 0 Å². The number of hydrogen-bond donors (Lipinski definition) is 0. The van der Waals surface area contributed by atoms with Crippen molar-refractivity contribution in [2.24, 2.45) is 11.8 Å². The van der Waals surface area contributed by atoms with E-state index in [4.69, 9.17) is 14.2 Å². The fraction of sp³-hybridized carbons (Fsp3) is 0.163. The van der Waals surface area contributed by atoms with Crippen LogP contribution in [-0.4, -0.2) is 37.8 Å². The molecule has 3 aliphatic rings. The monoisotopic (exact) mass is 675 g/mol. The molecule has 2 fully saturated rings. The second kappa shape index (κ2) is 11.9. The minimum Gasteiger partial charge on any atom is -0.497 e. The molecule has 0 radical (unpaired) electrons. The van der Waals surface area contributed by atoms with Crippen molar-refractivity contribution in [3.05, 3.63) is 156 Å². The Morgan fingerprint density at radius 3 is 1.43 bits per heavy atom. The molecule has 5 aromatic rings. The van der Waals surface area contributed by atoms with E-state index in [1.807, 2.05) is 109 Å². The van der Waals surface area contributed by atoms with Gasteiger partial charge in [-0.15, -0.1) is 0 Å². The fourth-order valence-corrected chi connectivity index (χ4v) is 8.75. The molecule has 1 saturated heterocycles. The number of methoxy groups -OCH3 is 2. The van der Waals surface area contributed by atoms with Gasteiger partial charge in [0, 0.05) is 13.0 Å². The molecule has 1 saturated carbocycles. The van der Waals surface area contributed by atoms with Crippen molar-refractivity contribution >= 4 is 40.4 Å².